The van der Waals surface area contributed by atoms with Crippen molar-refractivity contribution in [3.8, 4) is 5.69 Å². The summed E-state index contributed by atoms with van der Waals surface area (Å²) in [6.45, 7) is 5.27. The second-order valence-corrected chi connectivity index (χ2v) is 5.98. The molecule has 0 saturated carbocycles. The lowest BCUT2D eigenvalue weighted by Gasteiger charge is -2.20. The average Bonchev–Trinajstić information content (AvgIpc) is 2.78. The van der Waals surface area contributed by atoms with Gasteiger partial charge in [-0.15, -0.1) is 0 Å². The molecule has 0 atom stereocenters. The minimum absolute atomic E-state index is 0.0196. The quantitative estimate of drug-likeness (QED) is 0.852. The van der Waals surface area contributed by atoms with Gasteiger partial charge in [0.25, 0.3) is 5.91 Å². The molecule has 1 aliphatic rings. The minimum Gasteiger partial charge on any atom is -0.337 e. The molecule has 6 heteroatoms. The normalized spacial score (nSPS) is 16.4. The lowest BCUT2D eigenvalue weighted by atomic mass is 10.2. The molecular weight excluding hydrogens is 295 g/mol. The van der Waals surface area contributed by atoms with Crippen molar-refractivity contribution >= 4 is 5.91 Å². The maximum atomic E-state index is 13.1. The topological polar surface area (TPSA) is 41.4 Å². The Morgan fingerprint density at radius 1 is 1.13 bits per heavy atom. The van der Waals surface area contributed by atoms with Crippen LogP contribution in [0.15, 0.2) is 30.5 Å². The Morgan fingerprint density at radius 2 is 1.87 bits per heavy atom. The van der Waals surface area contributed by atoms with Gasteiger partial charge >= 0.3 is 0 Å². The molecule has 1 aromatic carbocycles. The number of carbonyl (C=O) groups is 1. The van der Waals surface area contributed by atoms with Gasteiger partial charge < -0.3 is 9.80 Å². The first-order valence-electron chi connectivity index (χ1n) is 7.84. The van der Waals surface area contributed by atoms with Gasteiger partial charge in [-0.2, -0.15) is 5.10 Å². The van der Waals surface area contributed by atoms with Crippen LogP contribution >= 0.6 is 0 Å². The van der Waals surface area contributed by atoms with Gasteiger partial charge in [0.2, 0.25) is 0 Å². The summed E-state index contributed by atoms with van der Waals surface area (Å²) in [7, 11) is 2.08. The predicted molar refractivity (Wildman–Crippen MR) is 86.3 cm³/mol. The van der Waals surface area contributed by atoms with E-state index in [4.69, 9.17) is 0 Å². The SMILES string of the molecule is Cc1c(C(=O)N2CCCN(C)CC2)cnn1-c1ccc(F)cc1. The van der Waals surface area contributed by atoms with E-state index in [-0.39, 0.29) is 11.7 Å². The predicted octanol–water partition coefficient (Wildman–Crippen LogP) is 2.10. The van der Waals surface area contributed by atoms with Crippen molar-refractivity contribution < 1.29 is 9.18 Å². The van der Waals surface area contributed by atoms with Crippen molar-refractivity contribution in [3.63, 3.8) is 0 Å². The molecular formula is C17H21FN4O. The monoisotopic (exact) mass is 316 g/mol. The van der Waals surface area contributed by atoms with Gasteiger partial charge in [-0.05, 0) is 51.2 Å². The molecule has 0 spiro atoms. The van der Waals surface area contributed by atoms with Crippen LogP contribution in [0.5, 0.6) is 0 Å². The van der Waals surface area contributed by atoms with Crippen LogP contribution in [0.3, 0.4) is 0 Å². The molecule has 1 fully saturated rings. The highest BCUT2D eigenvalue weighted by Crippen LogP contribution is 2.17. The van der Waals surface area contributed by atoms with Crippen LogP contribution in [0.25, 0.3) is 5.69 Å². The highest BCUT2D eigenvalue weighted by molar-refractivity contribution is 5.95. The zero-order valence-electron chi connectivity index (χ0n) is 13.5. The zero-order chi connectivity index (χ0) is 16.4. The number of likely N-dealkylation sites (N-methyl/N-ethyl adjacent to an activating group) is 1. The number of nitrogens with zero attached hydrogens (tertiary/aromatic N) is 4. The standard InChI is InChI=1S/C17H21FN4O/c1-13-16(17(23)21-9-3-8-20(2)10-11-21)12-19-22(13)15-6-4-14(18)5-7-15/h4-7,12H,3,8-11H2,1-2H3. The van der Waals surface area contributed by atoms with Gasteiger partial charge in [0.1, 0.15) is 5.82 Å². The Balaban J connectivity index is 1.83. The summed E-state index contributed by atoms with van der Waals surface area (Å²) in [5.41, 5.74) is 2.14. The first kappa shape index (κ1) is 15.7. The third-order valence-corrected chi connectivity index (χ3v) is 4.32. The summed E-state index contributed by atoms with van der Waals surface area (Å²) < 4.78 is 14.7. The number of halogens is 1. The Labute approximate surface area is 135 Å². The van der Waals surface area contributed by atoms with E-state index >= 15 is 0 Å². The van der Waals surface area contributed by atoms with E-state index in [1.54, 1.807) is 23.0 Å². The van der Waals surface area contributed by atoms with Gasteiger partial charge in [-0.3, -0.25) is 4.79 Å². The summed E-state index contributed by atoms with van der Waals surface area (Å²) >= 11 is 0. The number of rotatable bonds is 2. The molecule has 0 aliphatic carbocycles. The van der Waals surface area contributed by atoms with Crippen LogP contribution in [0.4, 0.5) is 4.39 Å². The molecule has 5 nitrogen and oxygen atoms in total. The lowest BCUT2D eigenvalue weighted by molar-refractivity contribution is 0.0762. The first-order chi connectivity index (χ1) is 11.1. The third kappa shape index (κ3) is 3.27. The van der Waals surface area contributed by atoms with Gasteiger partial charge in [-0.1, -0.05) is 0 Å². The van der Waals surface area contributed by atoms with Crippen LogP contribution < -0.4 is 0 Å². The molecule has 23 heavy (non-hydrogen) atoms. The molecule has 3 rings (SSSR count). The van der Waals surface area contributed by atoms with E-state index in [0.29, 0.717) is 5.56 Å². The van der Waals surface area contributed by atoms with Crippen molar-refractivity contribution in [1.82, 2.24) is 19.6 Å². The van der Waals surface area contributed by atoms with Crippen molar-refractivity contribution in [2.45, 2.75) is 13.3 Å². The van der Waals surface area contributed by atoms with E-state index in [1.165, 1.54) is 12.1 Å². The number of carbonyl (C=O) groups excluding carboxylic acids is 1. The van der Waals surface area contributed by atoms with E-state index in [2.05, 4.69) is 17.0 Å². The molecule has 0 radical (unpaired) electrons. The molecule has 1 aliphatic heterocycles. The molecule has 122 valence electrons. The van der Waals surface area contributed by atoms with Crippen molar-refractivity contribution in [2.75, 3.05) is 33.2 Å². The highest BCUT2D eigenvalue weighted by atomic mass is 19.1. The van der Waals surface area contributed by atoms with Crippen LogP contribution in [-0.4, -0.2) is 58.7 Å². The third-order valence-electron chi connectivity index (χ3n) is 4.32. The number of hydrogen-bond acceptors (Lipinski definition) is 3. The second-order valence-electron chi connectivity index (χ2n) is 5.98. The summed E-state index contributed by atoms with van der Waals surface area (Å²) in [5.74, 6) is -0.269. The van der Waals surface area contributed by atoms with Crippen molar-refractivity contribution in [3.05, 3.63) is 47.5 Å². The number of hydrogen-bond donors (Lipinski definition) is 0. The fourth-order valence-corrected chi connectivity index (χ4v) is 2.88. The smallest absolute Gasteiger partial charge is 0.257 e. The maximum absolute atomic E-state index is 13.1. The van der Waals surface area contributed by atoms with Crippen LogP contribution in [-0.2, 0) is 0 Å². The van der Waals surface area contributed by atoms with Gasteiger partial charge in [0, 0.05) is 19.6 Å². The Kier molecular flexibility index (Phi) is 4.43. The molecule has 0 bridgehead atoms. The molecule has 2 aromatic rings. The van der Waals surface area contributed by atoms with Crippen molar-refractivity contribution in [1.29, 1.82) is 0 Å². The van der Waals surface area contributed by atoms with Gasteiger partial charge in [0.15, 0.2) is 0 Å². The van der Waals surface area contributed by atoms with Crippen LogP contribution in [0, 0.1) is 12.7 Å². The highest BCUT2D eigenvalue weighted by Gasteiger charge is 2.22. The molecule has 2 heterocycles. The van der Waals surface area contributed by atoms with Crippen LogP contribution in [0.2, 0.25) is 0 Å². The number of amides is 1. The molecule has 1 aromatic heterocycles. The first-order valence-corrected chi connectivity index (χ1v) is 7.84. The Hall–Kier alpha value is -2.21. The number of aromatic nitrogens is 2. The van der Waals surface area contributed by atoms with E-state index < -0.39 is 0 Å². The van der Waals surface area contributed by atoms with Crippen LogP contribution in [0.1, 0.15) is 22.5 Å². The maximum Gasteiger partial charge on any atom is 0.257 e. The second kappa shape index (κ2) is 6.50. The Morgan fingerprint density at radius 3 is 2.61 bits per heavy atom. The van der Waals surface area contributed by atoms with Gasteiger partial charge in [-0.25, -0.2) is 9.07 Å². The molecule has 1 saturated heterocycles. The zero-order valence-corrected chi connectivity index (χ0v) is 13.5. The molecule has 0 unspecified atom stereocenters. The van der Waals surface area contributed by atoms with E-state index in [0.717, 1.165) is 44.0 Å². The molecule has 0 N–H and O–H groups in total. The van der Waals surface area contributed by atoms with E-state index in [1.807, 2.05) is 11.8 Å². The Bertz CT molecular complexity index is 695. The minimum atomic E-state index is -0.288. The summed E-state index contributed by atoms with van der Waals surface area (Å²) in [6.07, 6.45) is 2.59. The summed E-state index contributed by atoms with van der Waals surface area (Å²) in [5, 5.41) is 4.31. The largest absolute Gasteiger partial charge is 0.337 e. The summed E-state index contributed by atoms with van der Waals surface area (Å²) in [4.78, 5) is 16.9. The fourth-order valence-electron chi connectivity index (χ4n) is 2.88. The summed E-state index contributed by atoms with van der Waals surface area (Å²) in [6, 6.07) is 6.10. The number of benzene rings is 1. The van der Waals surface area contributed by atoms with Gasteiger partial charge in [0.05, 0.1) is 23.1 Å². The average molecular weight is 316 g/mol. The fraction of sp³-hybridized carbons (Fsp3) is 0.412. The van der Waals surface area contributed by atoms with E-state index in [9.17, 15) is 9.18 Å². The lowest BCUT2D eigenvalue weighted by Crippen LogP contribution is -2.34. The van der Waals surface area contributed by atoms with Crippen molar-refractivity contribution in [2.24, 2.45) is 0 Å². The molecule has 1 amide bonds.